The van der Waals surface area contributed by atoms with Gasteiger partial charge in [-0.15, -0.1) is 0 Å². The molecule has 5 heteroatoms. The number of rotatable bonds is 22. The molecule has 0 heterocycles. The van der Waals surface area contributed by atoms with Gasteiger partial charge in [0.05, 0.1) is 13.2 Å². The van der Waals surface area contributed by atoms with E-state index in [0.717, 1.165) is 38.8 Å². The third-order valence-electron chi connectivity index (χ3n) is 5.19. The Morgan fingerprint density at radius 1 is 0.633 bits per heavy atom. The molecule has 4 nitrogen and oxygen atoms in total. The van der Waals surface area contributed by atoms with Gasteiger partial charge < -0.3 is 9.05 Å². The summed E-state index contributed by atoms with van der Waals surface area (Å²) in [5.74, 6) is 1.07. The molecule has 0 aliphatic rings. The summed E-state index contributed by atoms with van der Waals surface area (Å²) in [6.45, 7) is 16.3. The van der Waals surface area contributed by atoms with Crippen LogP contribution >= 0.6 is 7.60 Å². The molecule has 182 valence electrons. The van der Waals surface area contributed by atoms with Gasteiger partial charge in [0.25, 0.3) is 0 Å². The molecule has 0 atom stereocenters. The standard InChI is InChI=1S/C25H54NO3P/c1-7-9-11-13-15-17-19-28-30(27,29-20-18-16-14-12-10-8-2)23-26(21-24(3)4)22-25(5)6/h24-25H,7-23H2,1-6H3. The van der Waals surface area contributed by atoms with Crippen LogP contribution in [-0.2, 0) is 13.6 Å². The molecule has 0 N–H and O–H groups in total. The molecular weight excluding hydrogens is 393 g/mol. The van der Waals surface area contributed by atoms with E-state index in [-0.39, 0.29) is 0 Å². The molecule has 0 rings (SSSR count). The lowest BCUT2D eigenvalue weighted by atomic mass is 10.1. The molecule has 0 fully saturated rings. The molecule has 0 aromatic heterocycles. The zero-order valence-corrected chi connectivity index (χ0v) is 22.2. The first-order chi connectivity index (χ1) is 14.3. The van der Waals surface area contributed by atoms with Crippen LogP contribution < -0.4 is 0 Å². The lowest BCUT2D eigenvalue weighted by molar-refractivity contribution is 0.169. The molecule has 0 radical (unpaired) electrons. The number of unbranched alkanes of at least 4 members (excludes halogenated alkanes) is 10. The summed E-state index contributed by atoms with van der Waals surface area (Å²) >= 11 is 0. The van der Waals surface area contributed by atoms with Crippen molar-refractivity contribution >= 4 is 7.60 Å². The van der Waals surface area contributed by atoms with E-state index >= 15 is 0 Å². The molecule has 0 aromatic carbocycles. The van der Waals surface area contributed by atoms with Crippen LogP contribution in [0.5, 0.6) is 0 Å². The van der Waals surface area contributed by atoms with Crippen LogP contribution in [0.25, 0.3) is 0 Å². The second kappa shape index (κ2) is 19.8. The lowest BCUT2D eigenvalue weighted by Gasteiger charge is -2.29. The predicted molar refractivity (Wildman–Crippen MR) is 132 cm³/mol. The highest BCUT2D eigenvalue weighted by molar-refractivity contribution is 7.53. The summed E-state index contributed by atoms with van der Waals surface area (Å²) in [5, 5.41) is 0. The van der Waals surface area contributed by atoms with E-state index in [9.17, 15) is 4.57 Å². The molecule has 0 amide bonds. The zero-order valence-electron chi connectivity index (χ0n) is 21.3. The lowest BCUT2D eigenvalue weighted by Crippen LogP contribution is -2.33. The van der Waals surface area contributed by atoms with Gasteiger partial charge in [-0.25, -0.2) is 0 Å². The van der Waals surface area contributed by atoms with Gasteiger partial charge in [-0.2, -0.15) is 0 Å². The Morgan fingerprint density at radius 2 is 1.00 bits per heavy atom. The Morgan fingerprint density at radius 3 is 1.37 bits per heavy atom. The molecule has 0 saturated carbocycles. The molecule has 0 spiro atoms. The number of nitrogens with zero attached hydrogens (tertiary/aromatic N) is 1. The van der Waals surface area contributed by atoms with E-state index in [1.165, 1.54) is 51.4 Å². The summed E-state index contributed by atoms with van der Waals surface area (Å²) in [4.78, 5) is 2.29. The molecule has 0 saturated heterocycles. The van der Waals surface area contributed by atoms with Gasteiger partial charge in [-0.3, -0.25) is 9.46 Å². The van der Waals surface area contributed by atoms with Crippen molar-refractivity contribution in [2.24, 2.45) is 11.8 Å². The second-order valence-electron chi connectivity index (χ2n) is 9.78. The maximum Gasteiger partial charge on any atom is 0.344 e. The highest BCUT2D eigenvalue weighted by Gasteiger charge is 2.28. The van der Waals surface area contributed by atoms with Gasteiger partial charge in [0.15, 0.2) is 0 Å². The topological polar surface area (TPSA) is 38.8 Å². The first kappa shape index (κ1) is 30.1. The van der Waals surface area contributed by atoms with E-state index in [4.69, 9.17) is 9.05 Å². The minimum atomic E-state index is -3.08. The van der Waals surface area contributed by atoms with Gasteiger partial charge >= 0.3 is 7.60 Å². The molecule has 0 aromatic rings. The monoisotopic (exact) mass is 447 g/mol. The third-order valence-corrected chi connectivity index (χ3v) is 7.09. The molecule has 0 aliphatic heterocycles. The summed E-state index contributed by atoms with van der Waals surface area (Å²) in [7, 11) is -3.08. The quantitative estimate of drug-likeness (QED) is 0.123. The van der Waals surface area contributed by atoms with Crippen LogP contribution in [0, 0.1) is 11.8 Å². The SMILES string of the molecule is CCCCCCCCOP(=O)(CN(CC(C)C)CC(C)C)OCCCCCCCC. The van der Waals surface area contributed by atoms with E-state index < -0.39 is 7.60 Å². The maximum atomic E-state index is 13.6. The molecule has 0 aliphatic carbocycles. The molecular formula is C25H54NO3P. The fraction of sp³-hybridized carbons (Fsp3) is 1.00. The van der Waals surface area contributed by atoms with E-state index in [1.807, 2.05) is 0 Å². The largest absolute Gasteiger partial charge is 0.344 e. The van der Waals surface area contributed by atoms with Gasteiger partial charge in [0, 0.05) is 13.1 Å². The van der Waals surface area contributed by atoms with Crippen LogP contribution in [0.15, 0.2) is 0 Å². The minimum Gasteiger partial charge on any atom is -0.308 e. The fourth-order valence-electron chi connectivity index (χ4n) is 3.76. The Labute approximate surface area is 189 Å². The molecule has 0 unspecified atom stereocenters. The van der Waals surface area contributed by atoms with Crippen molar-refractivity contribution in [3.63, 3.8) is 0 Å². The van der Waals surface area contributed by atoms with Crippen molar-refractivity contribution in [2.75, 3.05) is 32.6 Å². The van der Waals surface area contributed by atoms with Crippen molar-refractivity contribution in [3.8, 4) is 0 Å². The average Bonchev–Trinajstić information content (AvgIpc) is 2.65. The highest BCUT2D eigenvalue weighted by Crippen LogP contribution is 2.49. The zero-order chi connectivity index (χ0) is 22.7. The Bertz CT molecular complexity index is 383. The summed E-state index contributed by atoms with van der Waals surface area (Å²) in [6, 6.07) is 0. The first-order valence-electron chi connectivity index (χ1n) is 12.9. The van der Waals surface area contributed by atoms with Gasteiger partial charge in [0.2, 0.25) is 0 Å². The van der Waals surface area contributed by atoms with Crippen LogP contribution in [0.1, 0.15) is 119 Å². The second-order valence-corrected chi connectivity index (χ2v) is 11.8. The van der Waals surface area contributed by atoms with Crippen LogP contribution in [0.4, 0.5) is 0 Å². The average molecular weight is 448 g/mol. The van der Waals surface area contributed by atoms with Crippen molar-refractivity contribution in [2.45, 2.75) is 119 Å². The van der Waals surface area contributed by atoms with Gasteiger partial charge in [-0.05, 0) is 24.7 Å². The van der Waals surface area contributed by atoms with Crippen LogP contribution in [0.3, 0.4) is 0 Å². The maximum absolute atomic E-state index is 13.6. The summed E-state index contributed by atoms with van der Waals surface area (Å²) in [6.07, 6.45) is 14.9. The normalized spacial score (nSPS) is 12.6. The third kappa shape index (κ3) is 18.8. The van der Waals surface area contributed by atoms with Crippen LogP contribution in [-0.4, -0.2) is 37.5 Å². The molecule has 0 bridgehead atoms. The minimum absolute atomic E-state index is 0.426. The Balaban J connectivity index is 4.60. The smallest absolute Gasteiger partial charge is 0.308 e. The molecule has 30 heavy (non-hydrogen) atoms. The van der Waals surface area contributed by atoms with E-state index in [0.29, 0.717) is 31.3 Å². The first-order valence-corrected chi connectivity index (χ1v) is 14.7. The predicted octanol–water partition coefficient (Wildman–Crippen LogP) is 8.51. The number of hydrogen-bond donors (Lipinski definition) is 0. The van der Waals surface area contributed by atoms with Gasteiger partial charge in [-0.1, -0.05) is 106 Å². The van der Waals surface area contributed by atoms with Gasteiger partial charge in [0.1, 0.15) is 6.29 Å². The number of hydrogen-bond acceptors (Lipinski definition) is 4. The van der Waals surface area contributed by atoms with E-state index in [1.54, 1.807) is 0 Å². The summed E-state index contributed by atoms with van der Waals surface area (Å²) < 4.78 is 25.5. The Kier molecular flexibility index (Phi) is 19.8. The van der Waals surface area contributed by atoms with Crippen molar-refractivity contribution < 1.29 is 13.6 Å². The Hall–Kier alpha value is 0.110. The highest BCUT2D eigenvalue weighted by atomic mass is 31.2. The summed E-state index contributed by atoms with van der Waals surface area (Å²) in [5.41, 5.74) is 0. The van der Waals surface area contributed by atoms with Crippen LogP contribution in [0.2, 0.25) is 0 Å². The fourth-order valence-corrected chi connectivity index (χ4v) is 5.53. The van der Waals surface area contributed by atoms with Crippen molar-refractivity contribution in [1.82, 2.24) is 4.90 Å². The van der Waals surface area contributed by atoms with Crippen molar-refractivity contribution in [1.29, 1.82) is 0 Å². The van der Waals surface area contributed by atoms with Crippen molar-refractivity contribution in [3.05, 3.63) is 0 Å². The van der Waals surface area contributed by atoms with E-state index in [2.05, 4.69) is 46.4 Å².